The fraction of sp³-hybridized carbons (Fsp3) is 0.333. The Morgan fingerprint density at radius 3 is 2.29 bits per heavy atom. The van der Waals surface area contributed by atoms with Crippen LogP contribution in [-0.4, -0.2) is 79.3 Å². The van der Waals surface area contributed by atoms with Crippen molar-refractivity contribution in [1.82, 2.24) is 5.32 Å². The van der Waals surface area contributed by atoms with Crippen LogP contribution >= 0.6 is 0 Å². The summed E-state index contributed by atoms with van der Waals surface area (Å²) in [6, 6.07) is 23.8. The van der Waals surface area contributed by atoms with Crippen LogP contribution in [0, 0.1) is 0 Å². The van der Waals surface area contributed by atoms with Crippen LogP contribution in [0.5, 0.6) is 5.75 Å². The summed E-state index contributed by atoms with van der Waals surface area (Å²) < 4.78 is 38.5. The first kappa shape index (κ1) is 30.2. The number of carbonyl (C=O) groups excluding carboxylic acids is 1. The molecule has 0 aromatic heterocycles. The molecule has 1 aliphatic rings. The predicted octanol–water partition coefficient (Wildman–Crippen LogP) is 2.04. The molecule has 10 nitrogen and oxygen atoms in total. The fourth-order valence-electron chi connectivity index (χ4n) is 4.46. The van der Waals surface area contributed by atoms with Gasteiger partial charge < -0.3 is 30.1 Å². The van der Waals surface area contributed by atoms with Crippen molar-refractivity contribution < 1.29 is 38.0 Å². The van der Waals surface area contributed by atoms with E-state index >= 15 is 0 Å². The molecule has 4 rings (SSSR count). The molecular formula is C30H34N2O8S. The number of ether oxygens (including phenoxy) is 2. The molecule has 0 saturated carbocycles. The minimum absolute atomic E-state index is 0.0169. The van der Waals surface area contributed by atoms with Gasteiger partial charge in [-0.15, -0.1) is 0 Å². The van der Waals surface area contributed by atoms with Crippen molar-refractivity contribution in [3.8, 4) is 5.75 Å². The molecule has 1 amide bonds. The highest BCUT2D eigenvalue weighted by Crippen LogP contribution is 2.43. The van der Waals surface area contributed by atoms with Crippen LogP contribution in [0.2, 0.25) is 0 Å². The molecule has 1 unspecified atom stereocenters. The van der Waals surface area contributed by atoms with Gasteiger partial charge in [0.25, 0.3) is 5.91 Å². The predicted molar refractivity (Wildman–Crippen MR) is 152 cm³/mol. The number of amides is 1. The van der Waals surface area contributed by atoms with Gasteiger partial charge >= 0.3 is 0 Å². The first-order valence-electron chi connectivity index (χ1n) is 13.3. The standard InChI is InChI=1S/C30H34N2O8S/c33-17-7-18-39-25-14-12-23(13-15-25)28-32-30(29(36)31-20-24(35)21-34,27(40-28)22-8-3-1-4-9-22)16-19-41(37,38)26-10-5-2-6-11-26/h1-6,8-15,24,27,33-35H,7,16-21H2,(H,31,36)/t24?,27-,30-/m1/s1. The van der Waals surface area contributed by atoms with Crippen molar-refractivity contribution in [3.63, 3.8) is 0 Å². The third-order valence-electron chi connectivity index (χ3n) is 6.70. The molecule has 41 heavy (non-hydrogen) atoms. The molecule has 0 radical (unpaired) electrons. The van der Waals surface area contributed by atoms with Crippen LogP contribution in [0.4, 0.5) is 0 Å². The van der Waals surface area contributed by atoms with Gasteiger partial charge in [-0.25, -0.2) is 13.4 Å². The van der Waals surface area contributed by atoms with Crippen LogP contribution in [0.25, 0.3) is 0 Å². The molecule has 3 atom stereocenters. The van der Waals surface area contributed by atoms with Crippen molar-refractivity contribution in [2.24, 2.45) is 4.99 Å². The number of rotatable bonds is 14. The number of aliphatic hydroxyl groups excluding tert-OH is 3. The number of nitrogens with zero attached hydrogens (tertiary/aromatic N) is 1. The molecule has 11 heteroatoms. The van der Waals surface area contributed by atoms with E-state index in [2.05, 4.69) is 5.32 Å². The number of benzene rings is 3. The minimum Gasteiger partial charge on any atom is -0.494 e. The summed E-state index contributed by atoms with van der Waals surface area (Å²) in [5.41, 5.74) is -0.536. The second kappa shape index (κ2) is 13.7. The number of sulfone groups is 1. The first-order chi connectivity index (χ1) is 19.8. The zero-order valence-electron chi connectivity index (χ0n) is 22.4. The van der Waals surface area contributed by atoms with Crippen LogP contribution < -0.4 is 10.1 Å². The van der Waals surface area contributed by atoms with Crippen LogP contribution in [0.3, 0.4) is 0 Å². The quantitative estimate of drug-likeness (QED) is 0.211. The van der Waals surface area contributed by atoms with E-state index in [-0.39, 0.29) is 30.4 Å². The van der Waals surface area contributed by atoms with E-state index < -0.39 is 45.9 Å². The fourth-order valence-corrected chi connectivity index (χ4v) is 5.85. The van der Waals surface area contributed by atoms with Crippen LogP contribution in [0.1, 0.15) is 30.1 Å². The molecule has 0 saturated heterocycles. The lowest BCUT2D eigenvalue weighted by molar-refractivity contribution is -0.129. The number of aliphatic hydroxyl groups is 3. The maximum absolute atomic E-state index is 13.9. The molecule has 4 N–H and O–H groups in total. The monoisotopic (exact) mass is 582 g/mol. The molecule has 0 fully saturated rings. The Labute approximate surface area is 239 Å². The van der Waals surface area contributed by atoms with Crippen molar-refractivity contribution in [2.45, 2.75) is 35.5 Å². The van der Waals surface area contributed by atoms with Crippen molar-refractivity contribution in [2.75, 3.05) is 32.1 Å². The summed E-state index contributed by atoms with van der Waals surface area (Å²) in [5, 5.41) is 30.8. The van der Waals surface area contributed by atoms with E-state index in [1.165, 1.54) is 12.1 Å². The molecular weight excluding hydrogens is 548 g/mol. The summed E-state index contributed by atoms with van der Waals surface area (Å²) in [7, 11) is -3.79. The highest BCUT2D eigenvalue weighted by molar-refractivity contribution is 7.91. The second-order valence-electron chi connectivity index (χ2n) is 9.63. The average Bonchev–Trinajstić information content (AvgIpc) is 3.41. The minimum atomic E-state index is -3.79. The van der Waals surface area contributed by atoms with E-state index in [4.69, 9.17) is 19.6 Å². The van der Waals surface area contributed by atoms with Gasteiger partial charge in [0.1, 0.15) is 5.75 Å². The Morgan fingerprint density at radius 2 is 1.66 bits per heavy atom. The summed E-state index contributed by atoms with van der Waals surface area (Å²) in [4.78, 5) is 18.8. The molecule has 218 valence electrons. The lowest BCUT2D eigenvalue weighted by atomic mass is 9.85. The first-order valence-corrected chi connectivity index (χ1v) is 14.9. The Kier molecular flexibility index (Phi) is 10.1. The van der Waals surface area contributed by atoms with Crippen molar-refractivity contribution in [1.29, 1.82) is 0 Å². The largest absolute Gasteiger partial charge is 0.494 e. The summed E-state index contributed by atoms with van der Waals surface area (Å²) in [6.07, 6.45) is -1.90. The topological polar surface area (TPSA) is 155 Å². The van der Waals surface area contributed by atoms with Gasteiger partial charge in [-0.2, -0.15) is 0 Å². The van der Waals surface area contributed by atoms with Gasteiger partial charge in [-0.3, -0.25) is 4.79 Å². The smallest absolute Gasteiger partial charge is 0.252 e. The van der Waals surface area contributed by atoms with Gasteiger partial charge in [0.05, 0.1) is 30.0 Å². The van der Waals surface area contributed by atoms with E-state index in [0.717, 1.165) is 0 Å². The van der Waals surface area contributed by atoms with E-state index in [1.54, 1.807) is 66.7 Å². The van der Waals surface area contributed by atoms with E-state index in [9.17, 15) is 23.4 Å². The Hall–Kier alpha value is -3.77. The molecule has 0 bridgehead atoms. The molecule has 3 aromatic carbocycles. The maximum atomic E-state index is 13.9. The lowest BCUT2D eigenvalue weighted by Crippen LogP contribution is -2.51. The SMILES string of the molecule is O=C(NCC(O)CO)[C@]1(CCS(=O)(=O)c2ccccc2)N=C(c2ccc(OCCCO)cc2)O[C@@H]1c1ccccc1. The van der Waals surface area contributed by atoms with Gasteiger partial charge in [0, 0.05) is 31.6 Å². The number of hydrogen-bond acceptors (Lipinski definition) is 9. The molecule has 0 spiro atoms. The normalized spacial score (nSPS) is 19.2. The molecule has 0 aliphatic carbocycles. The van der Waals surface area contributed by atoms with Crippen molar-refractivity contribution in [3.05, 3.63) is 96.1 Å². The van der Waals surface area contributed by atoms with Crippen molar-refractivity contribution >= 4 is 21.6 Å². The average molecular weight is 583 g/mol. The van der Waals surface area contributed by atoms with E-state index in [1.807, 2.05) is 6.07 Å². The molecule has 1 aliphatic heterocycles. The Morgan fingerprint density at radius 1 is 1.00 bits per heavy atom. The zero-order valence-corrected chi connectivity index (χ0v) is 23.2. The van der Waals surface area contributed by atoms with Gasteiger partial charge in [-0.05, 0) is 42.0 Å². The Balaban J connectivity index is 1.73. The van der Waals surface area contributed by atoms with Gasteiger partial charge in [-0.1, -0.05) is 48.5 Å². The lowest BCUT2D eigenvalue weighted by Gasteiger charge is -2.31. The van der Waals surface area contributed by atoms with Crippen LogP contribution in [0.15, 0.2) is 94.8 Å². The van der Waals surface area contributed by atoms with E-state index in [0.29, 0.717) is 29.9 Å². The highest BCUT2D eigenvalue weighted by atomic mass is 32.2. The van der Waals surface area contributed by atoms with Crippen LogP contribution in [-0.2, 0) is 19.4 Å². The molecule has 1 heterocycles. The third-order valence-corrected chi connectivity index (χ3v) is 8.43. The summed E-state index contributed by atoms with van der Waals surface area (Å²) >= 11 is 0. The number of carbonyl (C=O) groups is 1. The maximum Gasteiger partial charge on any atom is 0.252 e. The number of aliphatic imine (C=N–C) groups is 1. The Bertz CT molecular complexity index is 1420. The van der Waals surface area contributed by atoms with Gasteiger partial charge in [0.2, 0.25) is 5.90 Å². The summed E-state index contributed by atoms with van der Waals surface area (Å²) in [6.45, 7) is -0.449. The highest BCUT2D eigenvalue weighted by Gasteiger charge is 2.53. The third kappa shape index (κ3) is 7.31. The van der Waals surface area contributed by atoms with Gasteiger partial charge in [0.15, 0.2) is 21.5 Å². The second-order valence-corrected chi connectivity index (χ2v) is 11.7. The number of nitrogens with one attached hydrogen (secondary N) is 1. The zero-order chi connectivity index (χ0) is 29.3. The number of hydrogen-bond donors (Lipinski definition) is 4. The molecule has 3 aromatic rings. The summed E-state index contributed by atoms with van der Waals surface area (Å²) in [5.74, 6) is -0.304.